The first-order chi connectivity index (χ1) is 7.31. The molecular formula is C13H10O2. The normalized spacial score (nSPS) is 9.80. The molecule has 1 N–H and O–H groups in total. The van der Waals surface area contributed by atoms with Gasteiger partial charge in [-0.1, -0.05) is 18.1 Å². The maximum atomic E-state index is 9.57. The van der Waals surface area contributed by atoms with E-state index in [0.717, 1.165) is 10.8 Å². The molecule has 0 spiro atoms. The number of terminal acetylenes is 1. The van der Waals surface area contributed by atoms with Crippen LogP contribution in [0, 0.1) is 12.3 Å². The zero-order chi connectivity index (χ0) is 10.7. The Balaban J connectivity index is 2.44. The minimum Gasteiger partial charge on any atom is -0.507 e. The molecule has 74 valence electrons. The predicted octanol–water partition coefficient (Wildman–Crippen LogP) is 2.56. The van der Waals surface area contributed by atoms with Crippen LogP contribution in [0.3, 0.4) is 0 Å². The Labute approximate surface area is 88.1 Å². The van der Waals surface area contributed by atoms with Crippen LogP contribution in [0.1, 0.15) is 0 Å². The quantitative estimate of drug-likeness (QED) is 0.751. The molecule has 0 aromatic heterocycles. The number of phenolic OH excluding ortho intramolecular Hbond substituents is 1. The molecule has 0 amide bonds. The molecule has 0 aliphatic heterocycles. The van der Waals surface area contributed by atoms with Crippen molar-refractivity contribution in [3.8, 4) is 23.8 Å². The Morgan fingerprint density at radius 3 is 2.93 bits per heavy atom. The van der Waals surface area contributed by atoms with Gasteiger partial charge >= 0.3 is 0 Å². The van der Waals surface area contributed by atoms with E-state index in [0.29, 0.717) is 5.75 Å². The Kier molecular flexibility index (Phi) is 2.47. The lowest BCUT2D eigenvalue weighted by atomic mass is 10.1. The number of ether oxygens (including phenoxy) is 1. The molecule has 0 atom stereocenters. The largest absolute Gasteiger partial charge is 0.507 e. The maximum absolute atomic E-state index is 9.57. The third-order valence-electron chi connectivity index (χ3n) is 2.15. The fourth-order valence-electron chi connectivity index (χ4n) is 1.46. The van der Waals surface area contributed by atoms with Gasteiger partial charge in [-0.05, 0) is 29.7 Å². The summed E-state index contributed by atoms with van der Waals surface area (Å²) in [6.07, 6.45) is 5.10. The van der Waals surface area contributed by atoms with E-state index in [9.17, 15) is 5.11 Å². The molecule has 2 aromatic carbocycles. The smallest absolute Gasteiger partial charge is 0.148 e. The first kappa shape index (κ1) is 9.42. The molecule has 15 heavy (non-hydrogen) atoms. The summed E-state index contributed by atoms with van der Waals surface area (Å²) in [5.74, 6) is 3.39. The molecule has 2 nitrogen and oxygen atoms in total. The van der Waals surface area contributed by atoms with Crippen LogP contribution >= 0.6 is 0 Å². The topological polar surface area (TPSA) is 29.5 Å². The Hall–Kier alpha value is -2.14. The number of fused-ring (bicyclic) bond motifs is 1. The van der Waals surface area contributed by atoms with Gasteiger partial charge in [-0.15, -0.1) is 6.42 Å². The van der Waals surface area contributed by atoms with Crippen molar-refractivity contribution in [1.29, 1.82) is 0 Å². The summed E-state index contributed by atoms with van der Waals surface area (Å²) in [6, 6.07) is 10.8. The average Bonchev–Trinajstić information content (AvgIpc) is 2.26. The molecular weight excluding hydrogens is 188 g/mol. The number of phenols is 1. The summed E-state index contributed by atoms with van der Waals surface area (Å²) in [4.78, 5) is 0. The van der Waals surface area contributed by atoms with E-state index in [4.69, 9.17) is 11.2 Å². The minimum atomic E-state index is 0.254. The summed E-state index contributed by atoms with van der Waals surface area (Å²) >= 11 is 0. The Bertz CT molecular complexity index is 524. The number of hydrogen-bond acceptors (Lipinski definition) is 2. The molecule has 0 heterocycles. The van der Waals surface area contributed by atoms with Crippen molar-refractivity contribution in [3.05, 3.63) is 36.4 Å². The van der Waals surface area contributed by atoms with Crippen molar-refractivity contribution >= 4 is 10.8 Å². The predicted molar refractivity (Wildman–Crippen MR) is 59.9 cm³/mol. The molecule has 2 rings (SSSR count). The van der Waals surface area contributed by atoms with E-state index in [-0.39, 0.29) is 12.4 Å². The fourth-order valence-corrected chi connectivity index (χ4v) is 1.46. The van der Waals surface area contributed by atoms with Gasteiger partial charge in [0.05, 0.1) is 0 Å². The standard InChI is InChI=1S/C13H10O2/c1-2-8-15-11-6-7-12-10(9-11)4-3-5-13(12)14/h1,3-7,9,14H,8H2. The lowest BCUT2D eigenvalue weighted by Gasteiger charge is -2.04. The maximum Gasteiger partial charge on any atom is 0.148 e. The first-order valence-electron chi connectivity index (χ1n) is 4.59. The highest BCUT2D eigenvalue weighted by Crippen LogP contribution is 2.27. The van der Waals surface area contributed by atoms with Gasteiger partial charge in [0.15, 0.2) is 0 Å². The lowest BCUT2D eigenvalue weighted by molar-refractivity contribution is 0.371. The zero-order valence-corrected chi connectivity index (χ0v) is 8.10. The number of aromatic hydroxyl groups is 1. The van der Waals surface area contributed by atoms with Crippen LogP contribution in [0.2, 0.25) is 0 Å². The number of rotatable bonds is 2. The van der Waals surface area contributed by atoms with Crippen LogP contribution < -0.4 is 4.74 Å². The highest BCUT2D eigenvalue weighted by Gasteiger charge is 2.00. The van der Waals surface area contributed by atoms with E-state index in [1.54, 1.807) is 18.2 Å². The molecule has 0 aliphatic rings. The first-order valence-corrected chi connectivity index (χ1v) is 4.59. The second kappa shape index (κ2) is 3.93. The fraction of sp³-hybridized carbons (Fsp3) is 0.0769. The third kappa shape index (κ3) is 1.87. The summed E-state index contributed by atoms with van der Waals surface area (Å²) in [5, 5.41) is 11.3. The molecule has 0 radical (unpaired) electrons. The van der Waals surface area contributed by atoms with Crippen LogP contribution in [0.15, 0.2) is 36.4 Å². The van der Waals surface area contributed by atoms with Gasteiger partial charge in [0.1, 0.15) is 18.1 Å². The van der Waals surface area contributed by atoms with Gasteiger partial charge in [0, 0.05) is 5.39 Å². The molecule has 0 aliphatic carbocycles. The minimum absolute atomic E-state index is 0.254. The van der Waals surface area contributed by atoms with Crippen LogP contribution in [0.5, 0.6) is 11.5 Å². The molecule has 2 heteroatoms. The SMILES string of the molecule is C#CCOc1ccc2c(O)cccc2c1. The Morgan fingerprint density at radius 2 is 2.13 bits per heavy atom. The second-order valence-corrected chi connectivity index (χ2v) is 3.15. The average molecular weight is 198 g/mol. The number of hydrogen-bond donors (Lipinski definition) is 1. The highest BCUT2D eigenvalue weighted by molar-refractivity contribution is 5.89. The molecule has 2 aromatic rings. The van der Waals surface area contributed by atoms with Gasteiger partial charge in [-0.25, -0.2) is 0 Å². The summed E-state index contributed by atoms with van der Waals surface area (Å²) in [6.45, 7) is 0.254. The van der Waals surface area contributed by atoms with Crippen molar-refractivity contribution in [2.75, 3.05) is 6.61 Å². The zero-order valence-electron chi connectivity index (χ0n) is 8.10. The second-order valence-electron chi connectivity index (χ2n) is 3.15. The summed E-state index contributed by atoms with van der Waals surface area (Å²) in [5.41, 5.74) is 0. The van der Waals surface area contributed by atoms with Crippen molar-refractivity contribution < 1.29 is 9.84 Å². The third-order valence-corrected chi connectivity index (χ3v) is 2.15. The summed E-state index contributed by atoms with van der Waals surface area (Å²) < 4.78 is 5.29. The molecule has 0 saturated carbocycles. The van der Waals surface area contributed by atoms with Crippen LogP contribution in [-0.4, -0.2) is 11.7 Å². The van der Waals surface area contributed by atoms with Gasteiger partial charge in [-0.3, -0.25) is 0 Å². The molecule has 0 bridgehead atoms. The lowest BCUT2D eigenvalue weighted by Crippen LogP contribution is -1.92. The molecule has 0 unspecified atom stereocenters. The number of benzene rings is 2. The van der Waals surface area contributed by atoms with E-state index < -0.39 is 0 Å². The van der Waals surface area contributed by atoms with Gasteiger partial charge in [0.25, 0.3) is 0 Å². The summed E-state index contributed by atoms with van der Waals surface area (Å²) in [7, 11) is 0. The van der Waals surface area contributed by atoms with Gasteiger partial charge in [-0.2, -0.15) is 0 Å². The molecule has 0 saturated heterocycles. The van der Waals surface area contributed by atoms with Crippen LogP contribution in [0.4, 0.5) is 0 Å². The molecule has 0 fully saturated rings. The van der Waals surface area contributed by atoms with E-state index in [1.165, 1.54) is 0 Å². The van der Waals surface area contributed by atoms with E-state index >= 15 is 0 Å². The van der Waals surface area contributed by atoms with E-state index in [2.05, 4.69) is 5.92 Å². The van der Waals surface area contributed by atoms with Crippen molar-refractivity contribution in [2.45, 2.75) is 0 Å². The van der Waals surface area contributed by atoms with Gasteiger partial charge < -0.3 is 9.84 Å². The van der Waals surface area contributed by atoms with Crippen molar-refractivity contribution in [2.24, 2.45) is 0 Å². The Morgan fingerprint density at radius 1 is 1.27 bits per heavy atom. The van der Waals surface area contributed by atoms with Crippen LogP contribution in [-0.2, 0) is 0 Å². The van der Waals surface area contributed by atoms with Crippen molar-refractivity contribution in [1.82, 2.24) is 0 Å². The highest BCUT2D eigenvalue weighted by atomic mass is 16.5. The van der Waals surface area contributed by atoms with Crippen LogP contribution in [0.25, 0.3) is 10.8 Å². The van der Waals surface area contributed by atoms with E-state index in [1.807, 2.05) is 18.2 Å². The van der Waals surface area contributed by atoms with Gasteiger partial charge in [0.2, 0.25) is 0 Å². The monoisotopic (exact) mass is 198 g/mol. The van der Waals surface area contributed by atoms with Crippen molar-refractivity contribution in [3.63, 3.8) is 0 Å².